The first-order valence-corrected chi connectivity index (χ1v) is 48.0. The highest BCUT2D eigenvalue weighted by Crippen LogP contribution is 2.26. The van der Waals surface area contributed by atoms with Gasteiger partial charge in [0.25, 0.3) is 0 Å². The van der Waals surface area contributed by atoms with E-state index in [1.54, 1.807) is 0 Å². The van der Waals surface area contributed by atoms with Crippen molar-refractivity contribution in [2.45, 2.75) is 585 Å². The molecule has 0 fully saturated rings. The quantitative estimate of drug-likeness (QED) is 0.0564. The van der Waals surface area contributed by atoms with Crippen molar-refractivity contribution in [3.05, 3.63) is 0 Å². The summed E-state index contributed by atoms with van der Waals surface area (Å²) in [5.41, 5.74) is 2.77. The Morgan fingerprint density at radius 3 is 0.476 bits per heavy atom. The molecule has 0 amide bonds. The molecule has 0 aromatic rings. The minimum Gasteiger partial charge on any atom is -0.0654 e. The van der Waals surface area contributed by atoms with Crippen molar-refractivity contribution in [3.8, 4) is 0 Å². The summed E-state index contributed by atoms with van der Waals surface area (Å²) >= 11 is 0. The molecule has 0 spiro atoms. The van der Waals surface area contributed by atoms with Crippen LogP contribution in [0.15, 0.2) is 0 Å². The molecule has 0 aliphatic heterocycles. The lowest BCUT2D eigenvalue weighted by atomic mass is 9.84. The van der Waals surface area contributed by atoms with E-state index in [2.05, 4.69) is 367 Å². The van der Waals surface area contributed by atoms with Crippen LogP contribution in [0.25, 0.3) is 0 Å². The Kier molecular flexibility index (Phi) is 139. The molecule has 0 aliphatic rings. The predicted octanol–water partition coefficient (Wildman–Crippen LogP) is 42.1. The third-order valence-corrected chi connectivity index (χ3v) is 21.7. The lowest BCUT2D eigenvalue weighted by Gasteiger charge is -2.22. The molecule has 0 aromatic heterocycles. The molecule has 0 heteroatoms. The smallest absolute Gasteiger partial charge is 0.0359 e. The van der Waals surface area contributed by atoms with Crippen molar-refractivity contribution in [1.29, 1.82) is 0 Å². The van der Waals surface area contributed by atoms with Crippen LogP contribution in [0.4, 0.5) is 0 Å². The number of hydrogen-bond donors (Lipinski definition) is 0. The molecule has 0 nitrogen and oxygen atoms in total. The highest BCUT2D eigenvalue weighted by atomic mass is 14.2. The summed E-state index contributed by atoms with van der Waals surface area (Å²) < 4.78 is 0. The molecule has 5 atom stereocenters. The van der Waals surface area contributed by atoms with Gasteiger partial charge in [-0.1, -0.05) is 566 Å². The molecule has 0 bridgehead atoms. The maximum absolute atomic E-state index is 2.31. The zero-order valence-corrected chi connectivity index (χ0v) is 87.0. The van der Waals surface area contributed by atoms with Gasteiger partial charge in [0.1, 0.15) is 0 Å². The zero-order chi connectivity index (χ0) is 87.0. The average molecular weight is 1500 g/mol. The van der Waals surface area contributed by atoms with Crippen molar-refractivity contribution < 1.29 is 0 Å². The second-order valence-electron chi connectivity index (χ2n) is 40.3. The van der Waals surface area contributed by atoms with Crippen molar-refractivity contribution in [2.24, 2.45) is 104 Å². The first kappa shape index (κ1) is 140. The predicted molar refractivity (Wildman–Crippen MR) is 515 cm³/mol. The van der Waals surface area contributed by atoms with Gasteiger partial charge in [0.05, 0.1) is 0 Å². The summed E-state index contributed by atoms with van der Waals surface area (Å²) in [5.74, 6) is 11.7. The maximum Gasteiger partial charge on any atom is -0.0359 e. The van der Waals surface area contributed by atoms with Gasteiger partial charge in [-0.05, 0) is 123 Å². The van der Waals surface area contributed by atoms with Gasteiger partial charge in [0, 0.05) is 0 Å². The van der Waals surface area contributed by atoms with Crippen molar-refractivity contribution >= 4 is 0 Å². The lowest BCUT2D eigenvalue weighted by Crippen LogP contribution is -2.12. The van der Waals surface area contributed by atoms with Gasteiger partial charge in [0.2, 0.25) is 0 Å². The van der Waals surface area contributed by atoms with Gasteiger partial charge in [-0.3, -0.25) is 0 Å². The van der Waals surface area contributed by atoms with Crippen LogP contribution in [-0.2, 0) is 0 Å². The molecule has 0 aromatic carbocycles. The molecule has 0 rings (SSSR count). The fraction of sp³-hybridized carbons (Fsp3) is 1.00. The van der Waals surface area contributed by atoms with E-state index < -0.39 is 0 Å². The van der Waals surface area contributed by atoms with E-state index in [1.807, 2.05) is 0 Å². The van der Waals surface area contributed by atoms with Crippen molar-refractivity contribution in [2.75, 3.05) is 0 Å². The molecule has 0 N–H and O–H groups in total. The zero-order valence-electron chi connectivity index (χ0n) is 87.0. The Bertz CT molecular complexity index is 1200. The Labute approximate surface area is 685 Å². The minimum atomic E-state index is 0.500. The topological polar surface area (TPSA) is 0 Å². The standard InChI is InChI=1S/15C7H16/c1-6(2)7(3,4)5;1-6(2)5-7(3)4;2*1-5-6-7(2,3)4;2*1-5-7(3,4)6-2;2*1-5-7(4)6(2)3;2*1-4-5-6-7(2)3;3*1-4-6-7(3)5-2;1-4-7(5-2)6-3;1-3-5-7-6-4-2/h6H,1-5H3;6-7H,5H2,1-4H3;4*5-6H2,1-4H3;2*6-7H,5H2,1-4H3;6*7H,4-6H2,1-3H3;3-7H2,1-2H3/t;;;;;;7-;;;;7-;;;;/m......0...1..../s1. The third-order valence-electron chi connectivity index (χ3n) is 21.7. The summed E-state index contributed by atoms with van der Waals surface area (Å²) in [6.07, 6.45) is 46.1. The van der Waals surface area contributed by atoms with Crippen molar-refractivity contribution in [1.82, 2.24) is 0 Å². The van der Waals surface area contributed by atoms with E-state index in [1.165, 1.54) is 218 Å². The first-order valence-electron chi connectivity index (χ1n) is 48.0. The van der Waals surface area contributed by atoms with E-state index >= 15 is 0 Å². The maximum atomic E-state index is 2.31. The third kappa shape index (κ3) is 192. The SMILES string of the molecule is CC(C)C(C)(C)C.CC(C)CC(C)C.CCC(C)(C)CC.CCC(C)(C)CC.CCC(C)C(C)C.CCC(CC)CC.CCCC(C)(C)C.CCCC(C)(C)C.CCCC(C)CC.CCCC(C)CC.CCCCC(C)C.CCCCC(C)C.CCCCCCC.CCC[C@H](C)CC.CC[C@H](C)C(C)C. The van der Waals surface area contributed by atoms with Crippen molar-refractivity contribution in [3.63, 3.8) is 0 Å². The van der Waals surface area contributed by atoms with Gasteiger partial charge in [-0.2, -0.15) is 0 Å². The molecular weight excluding hydrogens is 1260 g/mol. The van der Waals surface area contributed by atoms with Crippen LogP contribution in [0.1, 0.15) is 585 Å². The van der Waals surface area contributed by atoms with Crippen LogP contribution < -0.4 is 0 Å². The molecule has 0 saturated carbocycles. The fourth-order valence-corrected chi connectivity index (χ4v) is 8.74. The molecule has 0 saturated heterocycles. The molecule has 0 heterocycles. The summed E-state index contributed by atoms with van der Waals surface area (Å²) in [5, 5.41) is 0. The molecule has 0 aliphatic carbocycles. The Morgan fingerprint density at radius 1 is 0.219 bits per heavy atom. The van der Waals surface area contributed by atoms with Crippen LogP contribution >= 0.6 is 0 Å². The number of rotatable bonds is 34. The Morgan fingerprint density at radius 2 is 0.438 bits per heavy atom. The molecule has 660 valence electrons. The van der Waals surface area contributed by atoms with Gasteiger partial charge in [-0.15, -0.1) is 0 Å². The fourth-order valence-electron chi connectivity index (χ4n) is 8.74. The molecule has 3 unspecified atom stereocenters. The molecule has 105 heavy (non-hydrogen) atoms. The van der Waals surface area contributed by atoms with E-state index in [0.29, 0.717) is 27.1 Å². The average Bonchev–Trinajstić information content (AvgIpc) is 1.01. The van der Waals surface area contributed by atoms with Gasteiger partial charge >= 0.3 is 0 Å². The number of hydrogen-bond acceptors (Lipinski definition) is 0. The van der Waals surface area contributed by atoms with E-state index in [-0.39, 0.29) is 0 Å². The van der Waals surface area contributed by atoms with Crippen LogP contribution in [0.2, 0.25) is 0 Å². The Hall–Kier alpha value is 0. The Balaban J connectivity index is -0.0000000636. The first-order chi connectivity index (χ1) is 48.0. The highest BCUT2D eigenvalue weighted by molar-refractivity contribution is 4.65. The van der Waals surface area contributed by atoms with Gasteiger partial charge in [-0.25, -0.2) is 0 Å². The summed E-state index contributed by atoms with van der Waals surface area (Å²) in [7, 11) is 0. The second-order valence-corrected chi connectivity index (χ2v) is 40.3. The summed E-state index contributed by atoms with van der Waals surface area (Å²) in [6, 6.07) is 0. The normalized spacial score (nSPS) is 12.3. The minimum absolute atomic E-state index is 0.500. The molecular formula is C105H240. The van der Waals surface area contributed by atoms with Crippen LogP contribution in [0.3, 0.4) is 0 Å². The van der Waals surface area contributed by atoms with E-state index in [4.69, 9.17) is 0 Å². The summed E-state index contributed by atoms with van der Waals surface area (Å²) in [6.45, 7) is 120. The van der Waals surface area contributed by atoms with Crippen LogP contribution in [-0.4, -0.2) is 0 Å². The number of unbranched alkanes of at least 4 members (excludes halogenated alkanes) is 6. The lowest BCUT2D eigenvalue weighted by molar-refractivity contribution is 0.283. The van der Waals surface area contributed by atoms with Crippen LogP contribution in [0, 0.1) is 104 Å². The summed E-state index contributed by atoms with van der Waals surface area (Å²) in [4.78, 5) is 0. The van der Waals surface area contributed by atoms with E-state index in [9.17, 15) is 0 Å². The second kappa shape index (κ2) is 104. The molecule has 0 radical (unpaired) electrons. The monoisotopic (exact) mass is 1500 g/mol. The van der Waals surface area contributed by atoms with Gasteiger partial charge in [0.15, 0.2) is 0 Å². The van der Waals surface area contributed by atoms with Gasteiger partial charge < -0.3 is 0 Å². The van der Waals surface area contributed by atoms with Crippen LogP contribution in [0.5, 0.6) is 0 Å². The highest BCUT2D eigenvalue weighted by Gasteiger charge is 2.14. The largest absolute Gasteiger partial charge is 0.0654 e. The van der Waals surface area contributed by atoms with E-state index in [0.717, 1.165) is 76.9 Å².